The summed E-state index contributed by atoms with van der Waals surface area (Å²) in [6.07, 6.45) is 4.42. The molecule has 0 aliphatic carbocycles. The van der Waals surface area contributed by atoms with Crippen molar-refractivity contribution in [1.29, 1.82) is 0 Å². The Kier molecular flexibility index (Phi) is 5.44. The smallest absolute Gasteiger partial charge is 0.343 e. The van der Waals surface area contributed by atoms with E-state index in [1.165, 1.54) is 23.3 Å². The van der Waals surface area contributed by atoms with Gasteiger partial charge in [0.25, 0.3) is 5.91 Å². The van der Waals surface area contributed by atoms with E-state index < -0.39 is 11.9 Å². The largest absolute Gasteiger partial charge is 0.462 e. The van der Waals surface area contributed by atoms with Gasteiger partial charge >= 0.3 is 5.97 Å². The van der Waals surface area contributed by atoms with Gasteiger partial charge < -0.3 is 10.1 Å². The first-order chi connectivity index (χ1) is 15.0. The monoisotopic (exact) mass is 415 g/mol. The van der Waals surface area contributed by atoms with E-state index in [-0.39, 0.29) is 18.0 Å². The van der Waals surface area contributed by atoms with Crippen LogP contribution in [0.2, 0.25) is 0 Å². The van der Waals surface area contributed by atoms with Gasteiger partial charge in [-0.15, -0.1) is 0 Å². The Balaban J connectivity index is 1.85. The zero-order valence-electron chi connectivity index (χ0n) is 17.4. The Morgan fingerprint density at radius 2 is 1.87 bits per heavy atom. The fourth-order valence-corrected chi connectivity index (χ4v) is 3.34. The molecule has 4 aromatic rings. The van der Waals surface area contributed by atoms with E-state index in [2.05, 4.69) is 15.4 Å². The number of amides is 1. The summed E-state index contributed by atoms with van der Waals surface area (Å²) >= 11 is 0. The molecule has 0 aliphatic rings. The van der Waals surface area contributed by atoms with Crippen LogP contribution < -0.4 is 5.32 Å². The molecule has 3 heterocycles. The lowest BCUT2D eigenvalue weighted by molar-refractivity contribution is 0.0527. The number of carbonyl (C=O) groups excluding carboxylic acids is 2. The Bertz CT molecular complexity index is 1280. The molecule has 0 radical (unpaired) electrons. The fraction of sp³-hybridized carbons (Fsp3) is 0.174. The highest BCUT2D eigenvalue weighted by atomic mass is 16.5. The minimum absolute atomic E-state index is 0.147. The van der Waals surface area contributed by atoms with E-state index in [0.717, 1.165) is 22.0 Å². The van der Waals surface area contributed by atoms with Crippen molar-refractivity contribution in [2.45, 2.75) is 20.8 Å². The van der Waals surface area contributed by atoms with Crippen LogP contribution in [-0.4, -0.2) is 38.2 Å². The normalized spacial score (nSPS) is 10.8. The van der Waals surface area contributed by atoms with E-state index in [9.17, 15) is 9.59 Å². The number of anilines is 1. The van der Waals surface area contributed by atoms with Gasteiger partial charge in [0, 0.05) is 23.3 Å². The second kappa shape index (κ2) is 8.35. The van der Waals surface area contributed by atoms with Crippen LogP contribution in [0.25, 0.3) is 16.7 Å². The quantitative estimate of drug-likeness (QED) is 0.497. The lowest BCUT2D eigenvalue weighted by Crippen LogP contribution is -2.18. The first kappa shape index (κ1) is 20.2. The van der Waals surface area contributed by atoms with Crippen molar-refractivity contribution < 1.29 is 14.3 Å². The number of aryl methyl sites for hydroxylation is 2. The van der Waals surface area contributed by atoms with Gasteiger partial charge in [0.05, 0.1) is 18.3 Å². The Hall–Kier alpha value is -4.07. The minimum Gasteiger partial charge on any atom is -0.462 e. The number of benzene rings is 1. The number of nitrogens with one attached hydrogen (secondary N) is 1. The Morgan fingerprint density at radius 1 is 1.10 bits per heavy atom. The van der Waals surface area contributed by atoms with Crippen molar-refractivity contribution in [3.05, 3.63) is 77.2 Å². The first-order valence-corrected chi connectivity index (χ1v) is 9.83. The number of nitrogens with zero attached hydrogens (tertiary/aromatic N) is 4. The second-order valence-corrected chi connectivity index (χ2v) is 7.00. The van der Waals surface area contributed by atoms with Crippen molar-refractivity contribution in [3.8, 4) is 5.82 Å². The maximum atomic E-state index is 12.8. The van der Waals surface area contributed by atoms with Gasteiger partial charge in [-0.1, -0.05) is 18.2 Å². The van der Waals surface area contributed by atoms with Crippen LogP contribution in [0.3, 0.4) is 0 Å². The van der Waals surface area contributed by atoms with Crippen molar-refractivity contribution >= 4 is 28.6 Å². The number of rotatable bonds is 5. The van der Waals surface area contributed by atoms with Gasteiger partial charge in [0.2, 0.25) is 0 Å². The summed E-state index contributed by atoms with van der Waals surface area (Å²) in [7, 11) is 0. The molecule has 156 valence electrons. The molecule has 0 aliphatic heterocycles. The molecule has 31 heavy (non-hydrogen) atoms. The van der Waals surface area contributed by atoms with Crippen LogP contribution in [0.15, 0.2) is 55.0 Å². The summed E-state index contributed by atoms with van der Waals surface area (Å²) in [6, 6.07) is 11.0. The Labute approximate surface area is 178 Å². The molecule has 0 bridgehead atoms. The number of aromatic nitrogens is 4. The van der Waals surface area contributed by atoms with Crippen molar-refractivity contribution in [2.75, 3.05) is 11.9 Å². The highest BCUT2D eigenvalue weighted by Gasteiger charge is 2.23. The van der Waals surface area contributed by atoms with Gasteiger partial charge in [-0.3, -0.25) is 9.78 Å². The summed E-state index contributed by atoms with van der Waals surface area (Å²) in [5.41, 5.74) is 3.40. The number of hydrogen-bond donors (Lipinski definition) is 1. The number of hydrogen-bond acceptors (Lipinski definition) is 6. The molecule has 0 saturated carbocycles. The molecule has 0 fully saturated rings. The first-order valence-electron chi connectivity index (χ1n) is 9.83. The SMILES string of the molecule is CCOC(=O)c1cnn(-c2cc(C)c3cccc(C)c3n2)c1NC(=O)c1ccncc1. The summed E-state index contributed by atoms with van der Waals surface area (Å²) in [4.78, 5) is 34.0. The molecule has 4 rings (SSSR count). The van der Waals surface area contributed by atoms with Gasteiger partial charge in [0.1, 0.15) is 5.56 Å². The summed E-state index contributed by atoms with van der Waals surface area (Å²) in [5, 5.41) is 8.16. The molecule has 0 unspecified atom stereocenters. The van der Waals surface area contributed by atoms with Crippen LogP contribution in [0.4, 0.5) is 5.82 Å². The molecule has 1 N–H and O–H groups in total. The molecule has 0 saturated heterocycles. The number of pyridine rings is 2. The molecule has 3 aromatic heterocycles. The lowest BCUT2D eigenvalue weighted by Gasteiger charge is -2.13. The molecular formula is C23H21N5O3. The molecule has 8 heteroatoms. The second-order valence-electron chi connectivity index (χ2n) is 7.00. The average molecular weight is 415 g/mol. The number of esters is 1. The average Bonchev–Trinajstić information content (AvgIpc) is 3.18. The van der Waals surface area contributed by atoms with Crippen LogP contribution in [0, 0.1) is 13.8 Å². The molecule has 1 amide bonds. The fourth-order valence-electron chi connectivity index (χ4n) is 3.34. The standard InChI is InChI=1S/C23H21N5O3/c1-4-31-23(30)18-13-25-28(21(18)27-22(29)16-8-10-24-11-9-16)19-12-15(3)17-7-5-6-14(2)20(17)26-19/h5-13H,4H2,1-3H3,(H,27,29). The maximum Gasteiger partial charge on any atom is 0.343 e. The third-order valence-electron chi connectivity index (χ3n) is 4.89. The van der Waals surface area contributed by atoms with Gasteiger partial charge in [-0.2, -0.15) is 9.78 Å². The molecule has 0 atom stereocenters. The van der Waals surface area contributed by atoms with E-state index in [1.807, 2.05) is 38.1 Å². The van der Waals surface area contributed by atoms with Gasteiger partial charge in [-0.05, 0) is 50.1 Å². The third-order valence-corrected chi connectivity index (χ3v) is 4.89. The van der Waals surface area contributed by atoms with Crippen molar-refractivity contribution in [3.63, 3.8) is 0 Å². The molecule has 1 aromatic carbocycles. The maximum absolute atomic E-state index is 12.8. The van der Waals surface area contributed by atoms with Gasteiger partial charge in [-0.25, -0.2) is 9.78 Å². The van der Waals surface area contributed by atoms with Gasteiger partial charge in [0.15, 0.2) is 11.6 Å². The van der Waals surface area contributed by atoms with Crippen LogP contribution >= 0.6 is 0 Å². The minimum atomic E-state index is -0.576. The zero-order chi connectivity index (χ0) is 22.0. The summed E-state index contributed by atoms with van der Waals surface area (Å²) in [6.45, 7) is 5.89. The van der Waals surface area contributed by atoms with Crippen LogP contribution in [0.1, 0.15) is 38.8 Å². The van der Waals surface area contributed by atoms with Crippen LogP contribution in [-0.2, 0) is 4.74 Å². The molecular weight excluding hydrogens is 394 g/mol. The molecule has 8 nitrogen and oxygen atoms in total. The number of para-hydroxylation sites is 1. The zero-order valence-corrected chi connectivity index (χ0v) is 17.4. The summed E-state index contributed by atoms with van der Waals surface area (Å²) < 4.78 is 6.59. The Morgan fingerprint density at radius 3 is 2.61 bits per heavy atom. The highest BCUT2D eigenvalue weighted by Crippen LogP contribution is 2.26. The number of ether oxygens (including phenoxy) is 1. The lowest BCUT2D eigenvalue weighted by atomic mass is 10.1. The van der Waals surface area contributed by atoms with E-state index >= 15 is 0 Å². The van der Waals surface area contributed by atoms with Crippen molar-refractivity contribution in [2.24, 2.45) is 0 Å². The van der Waals surface area contributed by atoms with Crippen molar-refractivity contribution in [1.82, 2.24) is 19.7 Å². The summed E-state index contributed by atoms with van der Waals surface area (Å²) in [5.74, 6) is -0.296. The van der Waals surface area contributed by atoms with E-state index in [1.54, 1.807) is 19.1 Å². The number of carbonyl (C=O) groups is 2. The third kappa shape index (κ3) is 3.87. The van der Waals surface area contributed by atoms with Crippen LogP contribution in [0.5, 0.6) is 0 Å². The topological polar surface area (TPSA) is 99.0 Å². The molecule has 0 spiro atoms. The number of fused-ring (bicyclic) bond motifs is 1. The van der Waals surface area contributed by atoms with E-state index in [0.29, 0.717) is 11.4 Å². The predicted molar refractivity (Wildman–Crippen MR) is 116 cm³/mol. The highest BCUT2D eigenvalue weighted by molar-refractivity contribution is 6.07. The van der Waals surface area contributed by atoms with E-state index in [4.69, 9.17) is 9.72 Å². The predicted octanol–water partition coefficient (Wildman–Crippen LogP) is 3.86.